The minimum atomic E-state index is -4.29. The van der Waals surface area contributed by atoms with Crippen molar-refractivity contribution < 1.29 is 22.7 Å². The van der Waals surface area contributed by atoms with Gasteiger partial charge in [-0.2, -0.15) is 13.2 Å². The van der Waals surface area contributed by atoms with Gasteiger partial charge in [0.25, 0.3) is 0 Å². The summed E-state index contributed by atoms with van der Waals surface area (Å²) in [5.41, 5.74) is -0.270. The summed E-state index contributed by atoms with van der Waals surface area (Å²) in [5, 5.41) is 5.80. The Kier molecular flexibility index (Phi) is 7.54. The molecule has 136 valence electrons. The second-order valence-corrected chi connectivity index (χ2v) is 6.48. The maximum atomic E-state index is 12.4. The van der Waals surface area contributed by atoms with Crippen molar-refractivity contribution in [2.75, 3.05) is 19.6 Å². The molecule has 1 rings (SSSR count). The third-order valence-electron chi connectivity index (χ3n) is 3.07. The lowest BCUT2D eigenvalue weighted by molar-refractivity contribution is -0.137. The molecule has 1 aromatic rings. The molecule has 4 nitrogen and oxygen atoms in total. The van der Waals surface area contributed by atoms with Gasteiger partial charge in [-0.15, -0.1) is 0 Å². The molecule has 0 aromatic heterocycles. The highest BCUT2D eigenvalue weighted by molar-refractivity contribution is 5.67. The molecule has 0 aliphatic rings. The molecule has 24 heavy (non-hydrogen) atoms. The number of rotatable bonds is 7. The highest BCUT2D eigenvalue weighted by Crippen LogP contribution is 2.29. The highest BCUT2D eigenvalue weighted by Gasteiger charge is 2.29. The Hall–Kier alpha value is -1.76. The zero-order valence-electron chi connectivity index (χ0n) is 14.3. The van der Waals surface area contributed by atoms with Crippen LogP contribution in [0.3, 0.4) is 0 Å². The lowest BCUT2D eigenvalue weighted by Gasteiger charge is -2.19. The third kappa shape index (κ3) is 8.76. The van der Waals surface area contributed by atoms with Crippen molar-refractivity contribution in [2.24, 2.45) is 0 Å². The van der Waals surface area contributed by atoms with Gasteiger partial charge in [0, 0.05) is 13.1 Å². The summed E-state index contributed by atoms with van der Waals surface area (Å²) in [6.45, 7) is 7.17. The van der Waals surface area contributed by atoms with Gasteiger partial charge in [-0.1, -0.05) is 12.1 Å². The number of halogens is 3. The molecule has 0 spiro atoms. The first-order chi connectivity index (χ1) is 11.1. The van der Waals surface area contributed by atoms with E-state index >= 15 is 0 Å². The van der Waals surface area contributed by atoms with E-state index in [2.05, 4.69) is 10.6 Å². The van der Waals surface area contributed by atoms with Crippen molar-refractivity contribution in [3.63, 3.8) is 0 Å². The van der Waals surface area contributed by atoms with Crippen molar-refractivity contribution >= 4 is 6.09 Å². The summed E-state index contributed by atoms with van der Waals surface area (Å²) in [6.07, 6.45) is -3.24. The van der Waals surface area contributed by atoms with Crippen LogP contribution in [0.1, 0.15) is 38.3 Å². The fourth-order valence-corrected chi connectivity index (χ4v) is 1.97. The van der Waals surface area contributed by atoms with Crippen LogP contribution in [0.4, 0.5) is 18.0 Å². The number of hydrogen-bond donors (Lipinski definition) is 2. The monoisotopic (exact) mass is 346 g/mol. The van der Waals surface area contributed by atoms with Crippen LogP contribution in [0, 0.1) is 0 Å². The Morgan fingerprint density at radius 3 is 2.21 bits per heavy atom. The number of benzene rings is 1. The second kappa shape index (κ2) is 8.92. The number of aryl methyl sites for hydroxylation is 1. The van der Waals surface area contributed by atoms with Gasteiger partial charge in [0.15, 0.2) is 0 Å². The third-order valence-corrected chi connectivity index (χ3v) is 3.07. The molecule has 0 saturated carbocycles. The minimum absolute atomic E-state index is 0.450. The van der Waals surface area contributed by atoms with Crippen molar-refractivity contribution in [1.29, 1.82) is 0 Å². The SMILES string of the molecule is CC(C)(C)OC(=O)NCCNCCCc1ccc(C(F)(F)F)cc1. The summed E-state index contributed by atoms with van der Waals surface area (Å²) in [7, 11) is 0. The van der Waals surface area contributed by atoms with E-state index < -0.39 is 23.4 Å². The first-order valence-electron chi connectivity index (χ1n) is 7.91. The van der Waals surface area contributed by atoms with E-state index in [1.54, 1.807) is 20.8 Å². The molecule has 2 N–H and O–H groups in total. The van der Waals surface area contributed by atoms with Crippen LogP contribution in [-0.2, 0) is 17.3 Å². The quantitative estimate of drug-likeness (QED) is 0.739. The Labute approximate surface area is 140 Å². The number of alkyl carbamates (subject to hydrolysis) is 1. The molecule has 0 aliphatic heterocycles. The number of hydrogen-bond acceptors (Lipinski definition) is 3. The summed E-state index contributed by atoms with van der Waals surface area (Å²) in [5.74, 6) is 0. The molecule has 0 atom stereocenters. The van der Waals surface area contributed by atoms with Gasteiger partial charge in [-0.25, -0.2) is 4.79 Å². The van der Waals surface area contributed by atoms with Crippen LogP contribution >= 0.6 is 0 Å². The molecule has 0 unspecified atom stereocenters. The number of carbonyl (C=O) groups excluding carboxylic acids is 1. The normalized spacial score (nSPS) is 12.1. The van der Waals surface area contributed by atoms with E-state index in [-0.39, 0.29) is 0 Å². The summed E-state index contributed by atoms with van der Waals surface area (Å²) >= 11 is 0. The Morgan fingerprint density at radius 1 is 1.04 bits per heavy atom. The molecule has 1 amide bonds. The van der Waals surface area contributed by atoms with Crippen LogP contribution in [0.15, 0.2) is 24.3 Å². The number of alkyl halides is 3. The molecule has 0 aliphatic carbocycles. The average molecular weight is 346 g/mol. The first-order valence-corrected chi connectivity index (χ1v) is 7.91. The number of carbonyl (C=O) groups is 1. The Balaban J connectivity index is 2.11. The molecular weight excluding hydrogens is 321 g/mol. The number of nitrogens with one attached hydrogen (secondary N) is 2. The summed E-state index contributed by atoms with van der Waals surface area (Å²) < 4.78 is 42.4. The summed E-state index contributed by atoms with van der Waals surface area (Å²) in [6, 6.07) is 5.22. The Morgan fingerprint density at radius 2 is 1.67 bits per heavy atom. The van der Waals surface area contributed by atoms with Gasteiger partial charge in [0.05, 0.1) is 5.56 Å². The maximum Gasteiger partial charge on any atom is 0.416 e. The lowest BCUT2D eigenvalue weighted by Crippen LogP contribution is -2.36. The maximum absolute atomic E-state index is 12.4. The molecule has 0 fully saturated rings. The smallest absolute Gasteiger partial charge is 0.416 e. The highest BCUT2D eigenvalue weighted by atomic mass is 19.4. The fourth-order valence-electron chi connectivity index (χ4n) is 1.97. The fraction of sp³-hybridized carbons (Fsp3) is 0.588. The van der Waals surface area contributed by atoms with Gasteiger partial charge < -0.3 is 15.4 Å². The topological polar surface area (TPSA) is 50.4 Å². The van der Waals surface area contributed by atoms with Crippen molar-refractivity contribution in [1.82, 2.24) is 10.6 Å². The van der Waals surface area contributed by atoms with E-state index in [0.717, 1.165) is 30.7 Å². The molecule has 0 radical (unpaired) electrons. The number of amides is 1. The minimum Gasteiger partial charge on any atom is -0.444 e. The molecule has 0 heterocycles. The van der Waals surface area contributed by atoms with Crippen LogP contribution in [0.2, 0.25) is 0 Å². The zero-order chi connectivity index (χ0) is 18.2. The second-order valence-electron chi connectivity index (χ2n) is 6.48. The summed E-state index contributed by atoms with van der Waals surface area (Å²) in [4.78, 5) is 11.4. The van der Waals surface area contributed by atoms with Gasteiger partial charge in [-0.05, 0) is 57.9 Å². The Bertz CT molecular complexity index is 508. The molecule has 1 aromatic carbocycles. The van der Waals surface area contributed by atoms with Crippen molar-refractivity contribution in [3.8, 4) is 0 Å². The standard InChI is InChI=1S/C17H25F3N2O2/c1-16(2,3)24-15(23)22-12-11-21-10-4-5-13-6-8-14(9-7-13)17(18,19)20/h6-9,21H,4-5,10-12H2,1-3H3,(H,22,23). The van der Waals surface area contributed by atoms with E-state index in [4.69, 9.17) is 4.74 Å². The van der Waals surface area contributed by atoms with E-state index in [1.807, 2.05) is 0 Å². The largest absolute Gasteiger partial charge is 0.444 e. The lowest BCUT2D eigenvalue weighted by atomic mass is 10.1. The molecule has 0 saturated heterocycles. The first kappa shape index (κ1) is 20.3. The predicted octanol–water partition coefficient (Wildman–Crippen LogP) is 3.75. The molecule has 7 heteroatoms. The van der Waals surface area contributed by atoms with Crippen molar-refractivity contribution in [2.45, 2.75) is 45.4 Å². The molecular formula is C17H25F3N2O2. The van der Waals surface area contributed by atoms with Crippen LogP contribution in [-0.4, -0.2) is 31.3 Å². The number of ether oxygens (including phenoxy) is 1. The zero-order valence-corrected chi connectivity index (χ0v) is 14.3. The van der Waals surface area contributed by atoms with Crippen LogP contribution < -0.4 is 10.6 Å². The van der Waals surface area contributed by atoms with E-state index in [0.29, 0.717) is 19.5 Å². The van der Waals surface area contributed by atoms with Gasteiger partial charge in [-0.3, -0.25) is 0 Å². The molecule has 0 bridgehead atoms. The van der Waals surface area contributed by atoms with Crippen LogP contribution in [0.5, 0.6) is 0 Å². The van der Waals surface area contributed by atoms with Crippen molar-refractivity contribution in [3.05, 3.63) is 35.4 Å². The average Bonchev–Trinajstić information content (AvgIpc) is 2.44. The van der Waals surface area contributed by atoms with E-state index in [9.17, 15) is 18.0 Å². The predicted molar refractivity (Wildman–Crippen MR) is 86.9 cm³/mol. The van der Waals surface area contributed by atoms with Crippen LogP contribution in [0.25, 0.3) is 0 Å². The van der Waals surface area contributed by atoms with Gasteiger partial charge >= 0.3 is 12.3 Å². The van der Waals surface area contributed by atoms with Gasteiger partial charge in [0.1, 0.15) is 5.60 Å². The van der Waals surface area contributed by atoms with Gasteiger partial charge in [0.2, 0.25) is 0 Å². The van der Waals surface area contributed by atoms with E-state index in [1.165, 1.54) is 12.1 Å².